The van der Waals surface area contributed by atoms with E-state index in [-0.39, 0.29) is 18.1 Å². The number of rotatable bonds is 11. The molecule has 1 saturated carbocycles. The highest BCUT2D eigenvalue weighted by molar-refractivity contribution is 7.10. The summed E-state index contributed by atoms with van der Waals surface area (Å²) >= 11 is 1.76. The second-order valence-corrected chi connectivity index (χ2v) is 10.5. The van der Waals surface area contributed by atoms with Crippen LogP contribution in [0.15, 0.2) is 35.7 Å². The van der Waals surface area contributed by atoms with E-state index in [1.807, 2.05) is 49.9 Å². The van der Waals surface area contributed by atoms with Crippen LogP contribution in [0.2, 0.25) is 0 Å². The van der Waals surface area contributed by atoms with Gasteiger partial charge in [-0.25, -0.2) is 0 Å². The van der Waals surface area contributed by atoms with Gasteiger partial charge in [0, 0.05) is 24.0 Å². The molecule has 6 nitrogen and oxygen atoms in total. The van der Waals surface area contributed by atoms with Gasteiger partial charge in [0.05, 0.1) is 31.4 Å². The molecule has 0 unspecified atom stereocenters. The Morgan fingerprint density at radius 1 is 1.30 bits per heavy atom. The number of aliphatic hydroxyl groups is 1. The molecule has 1 N–H and O–H groups in total. The molecule has 0 radical (unpaired) electrons. The molecule has 0 spiro atoms. The molecule has 2 aromatic rings. The van der Waals surface area contributed by atoms with Gasteiger partial charge in [0.1, 0.15) is 12.4 Å². The normalized spacial score (nSPS) is 19.1. The van der Waals surface area contributed by atoms with Gasteiger partial charge in [0.25, 0.3) is 0 Å². The number of aryl methyl sites for hydroxylation is 1. The molecular weight excluding hydrogens is 436 g/mol. The first-order valence-electron chi connectivity index (χ1n) is 12.0. The van der Waals surface area contributed by atoms with Crippen LogP contribution in [0.1, 0.15) is 48.7 Å². The number of thiophene rings is 1. The maximum absolute atomic E-state index is 13.5. The van der Waals surface area contributed by atoms with Crippen molar-refractivity contribution >= 4 is 17.2 Å². The van der Waals surface area contributed by atoms with Crippen LogP contribution in [0.5, 0.6) is 5.75 Å². The highest BCUT2D eigenvalue weighted by atomic mass is 32.1. The van der Waals surface area contributed by atoms with Crippen LogP contribution >= 0.6 is 11.3 Å². The average Bonchev–Trinajstić information content (AvgIpc) is 3.52. The lowest BCUT2D eigenvalue weighted by molar-refractivity contribution is -0.136. The van der Waals surface area contributed by atoms with Crippen molar-refractivity contribution in [2.45, 2.75) is 64.3 Å². The molecule has 4 rings (SSSR count). The molecule has 33 heavy (non-hydrogen) atoms. The first-order chi connectivity index (χ1) is 15.9. The Hall–Kier alpha value is -1.93. The summed E-state index contributed by atoms with van der Waals surface area (Å²) in [5.74, 6) is 0.936. The second kappa shape index (κ2) is 11.0. The molecule has 1 amide bonds. The van der Waals surface area contributed by atoms with E-state index in [4.69, 9.17) is 9.47 Å². The lowest BCUT2D eigenvalue weighted by Gasteiger charge is -2.37. The molecule has 1 aromatic heterocycles. The first kappa shape index (κ1) is 24.2. The van der Waals surface area contributed by atoms with Crippen LogP contribution in [0.3, 0.4) is 0 Å². The summed E-state index contributed by atoms with van der Waals surface area (Å²) in [6, 6.07) is 10.5. The van der Waals surface area contributed by atoms with Gasteiger partial charge in [-0.15, -0.1) is 11.3 Å². The van der Waals surface area contributed by atoms with Crippen LogP contribution in [0.25, 0.3) is 0 Å². The van der Waals surface area contributed by atoms with Crippen LogP contribution in [0.4, 0.5) is 0 Å². The van der Waals surface area contributed by atoms with E-state index in [0.717, 1.165) is 30.6 Å². The fourth-order valence-corrected chi connectivity index (χ4v) is 5.36. The fourth-order valence-electron chi connectivity index (χ4n) is 4.43. The average molecular weight is 473 g/mol. The summed E-state index contributed by atoms with van der Waals surface area (Å²) in [4.78, 5) is 19.0. The van der Waals surface area contributed by atoms with E-state index in [2.05, 4.69) is 16.3 Å². The molecule has 1 aromatic carbocycles. The number of amides is 1. The number of aliphatic hydroxyl groups excluding tert-OH is 1. The summed E-state index contributed by atoms with van der Waals surface area (Å²) in [7, 11) is 0. The summed E-state index contributed by atoms with van der Waals surface area (Å²) < 4.78 is 11.7. The van der Waals surface area contributed by atoms with E-state index in [1.165, 1.54) is 10.4 Å². The molecule has 1 fully saturated rings. The number of carbonyl (C=O) groups excluding carboxylic acids is 1. The third-order valence-electron chi connectivity index (χ3n) is 6.28. The van der Waals surface area contributed by atoms with Crippen molar-refractivity contribution in [3.63, 3.8) is 0 Å². The molecule has 180 valence electrons. The molecule has 1 aliphatic heterocycles. The monoisotopic (exact) mass is 472 g/mol. The van der Waals surface area contributed by atoms with Crippen LogP contribution in [-0.2, 0) is 16.0 Å². The number of benzene rings is 1. The number of fused-ring (bicyclic) bond motifs is 1. The van der Waals surface area contributed by atoms with Crippen molar-refractivity contribution in [3.8, 4) is 5.75 Å². The molecule has 7 heteroatoms. The number of hydrogen-bond acceptors (Lipinski definition) is 6. The maximum atomic E-state index is 13.5. The van der Waals surface area contributed by atoms with Crippen LogP contribution < -0.4 is 4.74 Å². The Labute approximate surface area is 201 Å². The molecule has 2 aliphatic rings. The minimum atomic E-state index is -0.592. The van der Waals surface area contributed by atoms with Crippen molar-refractivity contribution < 1.29 is 19.4 Å². The zero-order valence-corrected chi connectivity index (χ0v) is 20.7. The van der Waals surface area contributed by atoms with Crippen LogP contribution in [-0.4, -0.2) is 71.9 Å². The lowest BCUT2D eigenvalue weighted by Crippen LogP contribution is -2.48. The molecule has 0 bridgehead atoms. The molecule has 0 saturated heterocycles. The Balaban J connectivity index is 1.42. The van der Waals surface area contributed by atoms with Crippen molar-refractivity contribution in [1.82, 2.24) is 9.80 Å². The molecular formula is C26H36N2O4S. The second-order valence-electron chi connectivity index (χ2n) is 9.48. The van der Waals surface area contributed by atoms with Crippen molar-refractivity contribution in [1.29, 1.82) is 0 Å². The lowest BCUT2D eigenvalue weighted by atomic mass is 10.0. The summed E-state index contributed by atoms with van der Waals surface area (Å²) in [5.41, 5.74) is 2.36. The summed E-state index contributed by atoms with van der Waals surface area (Å²) in [6.45, 7) is 8.19. The van der Waals surface area contributed by atoms with Gasteiger partial charge in [-0.2, -0.15) is 0 Å². The molecule has 2 heterocycles. The Morgan fingerprint density at radius 3 is 2.85 bits per heavy atom. The maximum Gasteiger partial charge on any atom is 0.237 e. The standard InChI is InChI=1S/C26H36N2O4S/c1-18(2)31-16-21(29)14-27(20-7-8-20)15-26(30)28-11-9-25-23(10-12-33-25)24(28)17-32-22-6-4-5-19(3)13-22/h4-6,10,12-13,18,20-21,24,29H,7-9,11,14-17H2,1-3H3/t21-,24-/m0/s1. The SMILES string of the molecule is Cc1cccc(OC[C@H]2c3ccsc3CCN2C(=O)CN(C[C@H](O)COC(C)C)C2CC2)c1. The Morgan fingerprint density at radius 2 is 2.12 bits per heavy atom. The van der Waals surface area contributed by atoms with Gasteiger partial charge >= 0.3 is 0 Å². The van der Waals surface area contributed by atoms with Crippen molar-refractivity contribution in [2.75, 3.05) is 32.8 Å². The minimum absolute atomic E-state index is 0.0815. The van der Waals surface area contributed by atoms with E-state index < -0.39 is 6.10 Å². The Bertz CT molecular complexity index is 927. The number of ether oxygens (including phenoxy) is 2. The minimum Gasteiger partial charge on any atom is -0.491 e. The Kier molecular flexibility index (Phi) is 8.07. The zero-order chi connectivity index (χ0) is 23.4. The zero-order valence-electron chi connectivity index (χ0n) is 19.9. The quantitative estimate of drug-likeness (QED) is 0.539. The fraction of sp³-hybridized carbons (Fsp3) is 0.577. The van der Waals surface area contributed by atoms with Gasteiger partial charge in [-0.1, -0.05) is 12.1 Å². The van der Waals surface area contributed by atoms with E-state index in [1.54, 1.807) is 11.3 Å². The predicted octanol–water partition coefficient (Wildman–Crippen LogP) is 3.81. The summed E-state index contributed by atoms with van der Waals surface area (Å²) in [6.07, 6.45) is 2.54. The van der Waals surface area contributed by atoms with Crippen molar-refractivity contribution in [3.05, 3.63) is 51.7 Å². The van der Waals surface area contributed by atoms with Gasteiger partial charge in [0.2, 0.25) is 5.91 Å². The van der Waals surface area contributed by atoms with Gasteiger partial charge in [0.15, 0.2) is 0 Å². The molecule has 1 aliphatic carbocycles. The number of carbonyl (C=O) groups is 1. The molecule has 2 atom stereocenters. The number of nitrogens with zero attached hydrogens (tertiary/aromatic N) is 2. The third-order valence-corrected chi connectivity index (χ3v) is 7.28. The largest absolute Gasteiger partial charge is 0.491 e. The van der Waals surface area contributed by atoms with E-state index >= 15 is 0 Å². The van der Waals surface area contributed by atoms with E-state index in [9.17, 15) is 9.90 Å². The highest BCUT2D eigenvalue weighted by Gasteiger charge is 2.36. The number of hydrogen-bond donors (Lipinski definition) is 1. The predicted molar refractivity (Wildman–Crippen MR) is 131 cm³/mol. The van der Waals surface area contributed by atoms with Gasteiger partial charge < -0.3 is 19.5 Å². The third kappa shape index (κ3) is 6.57. The van der Waals surface area contributed by atoms with Gasteiger partial charge in [-0.3, -0.25) is 9.69 Å². The first-order valence-corrected chi connectivity index (χ1v) is 12.9. The topological polar surface area (TPSA) is 62.2 Å². The highest BCUT2D eigenvalue weighted by Crippen LogP contribution is 2.35. The van der Waals surface area contributed by atoms with Crippen molar-refractivity contribution in [2.24, 2.45) is 0 Å². The van der Waals surface area contributed by atoms with Gasteiger partial charge in [-0.05, 0) is 74.7 Å². The summed E-state index contributed by atoms with van der Waals surface area (Å²) in [5, 5.41) is 12.6. The van der Waals surface area contributed by atoms with Crippen LogP contribution in [0, 0.1) is 6.92 Å². The van der Waals surface area contributed by atoms with E-state index in [0.29, 0.717) is 38.9 Å². The smallest absolute Gasteiger partial charge is 0.237 e.